The summed E-state index contributed by atoms with van der Waals surface area (Å²) in [6.45, 7) is -1.53. The van der Waals surface area contributed by atoms with Crippen molar-refractivity contribution in [3.63, 3.8) is 0 Å². The molecule has 0 saturated carbocycles. The highest BCUT2D eigenvalue weighted by atomic mass is 35.5. The van der Waals surface area contributed by atoms with Crippen LogP contribution in [-0.2, 0) is 19.0 Å². The highest BCUT2D eigenvalue weighted by Crippen LogP contribution is 2.24. The third-order valence-electron chi connectivity index (χ3n) is 3.72. The molecule has 0 radical (unpaired) electrons. The van der Waals surface area contributed by atoms with Gasteiger partial charge in [-0.05, 0) is 12.1 Å². The molecule has 1 aromatic carbocycles. The van der Waals surface area contributed by atoms with E-state index in [1.54, 1.807) is 0 Å². The Bertz CT molecular complexity index is 907. The smallest absolute Gasteiger partial charge is 0.484 e. The number of carbonyl (C=O) groups excluding carboxylic acids is 1. The molecule has 1 amide bonds. The number of benzene rings is 1. The molecule has 0 bridgehead atoms. The lowest BCUT2D eigenvalue weighted by Gasteiger charge is -2.27. The minimum atomic E-state index is -4.76. The molecule has 0 spiro atoms. The highest BCUT2D eigenvalue weighted by molar-refractivity contribution is 6.30. The highest BCUT2D eigenvalue weighted by Gasteiger charge is 2.30. The molecule has 1 fully saturated rings. The second kappa shape index (κ2) is 10.8. The molecule has 176 valence electrons. The van der Waals surface area contributed by atoms with E-state index in [-0.39, 0.29) is 42.6 Å². The number of nitrogens with zero attached hydrogens (tertiary/aromatic N) is 2. The number of alkyl halides is 3. The van der Waals surface area contributed by atoms with E-state index in [2.05, 4.69) is 20.3 Å². The van der Waals surface area contributed by atoms with Gasteiger partial charge in [-0.25, -0.2) is 4.39 Å². The van der Waals surface area contributed by atoms with Crippen molar-refractivity contribution >= 4 is 17.5 Å². The molecule has 32 heavy (non-hydrogen) atoms. The molecule has 10 nitrogen and oxygen atoms in total. The number of hydrogen-bond acceptors (Lipinski definition) is 9. The average Bonchev–Trinajstić information content (AvgIpc) is 3.21. The number of halogens is 5. The largest absolute Gasteiger partial charge is 0.522 e. The molecular weight excluding hydrogens is 470 g/mol. The predicted molar refractivity (Wildman–Crippen MR) is 95.3 cm³/mol. The Balaban J connectivity index is 1.36. The van der Waals surface area contributed by atoms with Gasteiger partial charge in [0.15, 0.2) is 6.61 Å². The van der Waals surface area contributed by atoms with Gasteiger partial charge in [-0.15, -0.1) is 18.3 Å². The topological polar surface area (TPSA) is 114 Å². The molecule has 2 aromatic rings. The minimum Gasteiger partial charge on any atom is -0.484 e. The Morgan fingerprint density at radius 2 is 1.94 bits per heavy atom. The van der Waals surface area contributed by atoms with E-state index in [0.29, 0.717) is 0 Å². The molecular formula is C17H16ClF4N3O7. The van der Waals surface area contributed by atoms with Crippen molar-refractivity contribution in [1.29, 1.82) is 0 Å². The summed E-state index contributed by atoms with van der Waals surface area (Å²) in [7, 11) is 0. The lowest BCUT2D eigenvalue weighted by Crippen LogP contribution is -2.46. The van der Waals surface area contributed by atoms with E-state index in [1.165, 1.54) is 12.1 Å². The standard InChI is InChI=1S/C17H16ClF4N3O7/c18-11-2-1-10(5-12(11)19)28-8-13(26)23-9-6-29-15(30-7-9)14-24-25-16(32-14)27-3-4-31-17(20,21)22/h1-2,5,9,15H,3-4,6-8H2,(H,23,26)/t9-,15-. The molecule has 1 aliphatic heterocycles. The molecule has 0 atom stereocenters. The number of aromatic nitrogens is 2. The Kier molecular flexibility index (Phi) is 8.06. The van der Waals surface area contributed by atoms with Crippen LogP contribution in [-0.4, -0.2) is 61.5 Å². The number of ether oxygens (including phenoxy) is 5. The van der Waals surface area contributed by atoms with Crippen LogP contribution in [0.3, 0.4) is 0 Å². The zero-order chi connectivity index (χ0) is 23.1. The van der Waals surface area contributed by atoms with Gasteiger partial charge >= 0.3 is 12.4 Å². The Labute approximate surface area is 182 Å². The maximum atomic E-state index is 13.4. The molecule has 1 aromatic heterocycles. The fourth-order valence-corrected chi connectivity index (χ4v) is 2.49. The number of nitrogens with one attached hydrogen (secondary N) is 1. The van der Waals surface area contributed by atoms with E-state index in [9.17, 15) is 22.4 Å². The number of rotatable bonds is 9. The van der Waals surface area contributed by atoms with Crippen LogP contribution in [0.4, 0.5) is 17.6 Å². The third kappa shape index (κ3) is 7.47. The molecule has 15 heteroatoms. The van der Waals surface area contributed by atoms with Crippen LogP contribution in [0.25, 0.3) is 0 Å². The van der Waals surface area contributed by atoms with Crippen molar-refractivity contribution in [2.45, 2.75) is 18.7 Å². The van der Waals surface area contributed by atoms with Gasteiger partial charge in [0, 0.05) is 6.07 Å². The summed E-state index contributed by atoms with van der Waals surface area (Å²) in [6, 6.07) is 3.26. The number of carbonyl (C=O) groups is 1. The molecule has 0 unspecified atom stereocenters. The Morgan fingerprint density at radius 1 is 1.19 bits per heavy atom. The predicted octanol–water partition coefficient (Wildman–Crippen LogP) is 2.39. The zero-order valence-corrected chi connectivity index (χ0v) is 16.8. The van der Waals surface area contributed by atoms with E-state index in [4.69, 9.17) is 35.0 Å². The van der Waals surface area contributed by atoms with Crippen LogP contribution < -0.4 is 14.8 Å². The van der Waals surface area contributed by atoms with Gasteiger partial charge in [0.1, 0.15) is 18.2 Å². The molecule has 1 aliphatic rings. The first-order valence-electron chi connectivity index (χ1n) is 8.97. The minimum absolute atomic E-state index is 0.0317. The fraction of sp³-hybridized carbons (Fsp3) is 0.471. The van der Waals surface area contributed by atoms with Gasteiger partial charge in [0.05, 0.1) is 30.9 Å². The van der Waals surface area contributed by atoms with Gasteiger partial charge in [0.2, 0.25) is 6.29 Å². The molecule has 0 aliphatic carbocycles. The van der Waals surface area contributed by atoms with E-state index in [0.717, 1.165) is 6.07 Å². The molecule has 2 heterocycles. The van der Waals surface area contributed by atoms with Crippen LogP contribution in [0.15, 0.2) is 22.6 Å². The first kappa shape index (κ1) is 24.0. The van der Waals surface area contributed by atoms with Crippen molar-refractivity contribution in [2.75, 3.05) is 33.0 Å². The molecule has 1 N–H and O–H groups in total. The first-order chi connectivity index (χ1) is 15.2. The van der Waals surface area contributed by atoms with E-state index < -0.39 is 43.6 Å². The van der Waals surface area contributed by atoms with Gasteiger partial charge in [0.25, 0.3) is 11.8 Å². The molecule has 1 saturated heterocycles. The summed E-state index contributed by atoms with van der Waals surface area (Å²) in [5, 5.41) is 9.67. The van der Waals surface area contributed by atoms with Crippen molar-refractivity contribution in [1.82, 2.24) is 15.5 Å². The fourth-order valence-electron chi connectivity index (χ4n) is 2.37. The lowest BCUT2D eigenvalue weighted by molar-refractivity contribution is -0.325. The third-order valence-corrected chi connectivity index (χ3v) is 4.03. The number of amides is 1. The summed E-state index contributed by atoms with van der Waals surface area (Å²) >= 11 is 5.57. The monoisotopic (exact) mass is 485 g/mol. The van der Waals surface area contributed by atoms with Crippen molar-refractivity contribution < 1.29 is 50.5 Å². The summed E-state index contributed by atoms with van der Waals surface area (Å²) in [5.74, 6) is -1.15. The van der Waals surface area contributed by atoms with E-state index in [1.807, 2.05) is 0 Å². The average molecular weight is 486 g/mol. The van der Waals surface area contributed by atoms with Crippen LogP contribution in [0.1, 0.15) is 12.2 Å². The molecule has 3 rings (SSSR count). The summed E-state index contributed by atoms with van der Waals surface area (Å²) < 4.78 is 78.4. The summed E-state index contributed by atoms with van der Waals surface area (Å²) in [4.78, 5) is 12.0. The number of hydrogen-bond donors (Lipinski definition) is 1. The van der Waals surface area contributed by atoms with Gasteiger partial charge in [-0.3, -0.25) is 9.53 Å². The van der Waals surface area contributed by atoms with Gasteiger partial charge in [-0.1, -0.05) is 16.7 Å². The quantitative estimate of drug-likeness (QED) is 0.422. The second-order valence-corrected chi connectivity index (χ2v) is 6.58. The van der Waals surface area contributed by atoms with Crippen LogP contribution >= 0.6 is 11.6 Å². The van der Waals surface area contributed by atoms with Crippen molar-refractivity contribution in [3.8, 4) is 11.8 Å². The maximum absolute atomic E-state index is 13.4. The van der Waals surface area contributed by atoms with Crippen LogP contribution in [0, 0.1) is 5.82 Å². The zero-order valence-electron chi connectivity index (χ0n) is 16.1. The Morgan fingerprint density at radius 3 is 2.62 bits per heavy atom. The second-order valence-electron chi connectivity index (χ2n) is 6.18. The van der Waals surface area contributed by atoms with Gasteiger partial charge in [-0.2, -0.15) is 0 Å². The van der Waals surface area contributed by atoms with Crippen molar-refractivity contribution in [3.05, 3.63) is 34.9 Å². The first-order valence-corrected chi connectivity index (χ1v) is 9.35. The van der Waals surface area contributed by atoms with Crippen molar-refractivity contribution in [2.24, 2.45) is 0 Å². The Hall–Kier alpha value is -2.68. The van der Waals surface area contributed by atoms with E-state index >= 15 is 0 Å². The summed E-state index contributed by atoms with van der Waals surface area (Å²) in [5.41, 5.74) is 0. The maximum Gasteiger partial charge on any atom is 0.522 e. The SMILES string of the molecule is O=C(COc1ccc(Cl)c(F)c1)N[C@H]1CO[C@H](c2nnc(OCCOC(F)(F)F)o2)OC1. The van der Waals surface area contributed by atoms with Crippen LogP contribution in [0.2, 0.25) is 5.02 Å². The normalized spacial score (nSPS) is 18.9. The van der Waals surface area contributed by atoms with Gasteiger partial charge < -0.3 is 28.7 Å². The summed E-state index contributed by atoms with van der Waals surface area (Å²) in [6.07, 6.45) is -6.20. The van der Waals surface area contributed by atoms with Crippen LogP contribution in [0.5, 0.6) is 11.8 Å². The lowest BCUT2D eigenvalue weighted by atomic mass is 10.3.